The zero-order chi connectivity index (χ0) is 13.4. The van der Waals surface area contributed by atoms with Crippen molar-refractivity contribution in [1.82, 2.24) is 14.9 Å². The highest BCUT2D eigenvalue weighted by Gasteiger charge is 2.29. The number of nitrogens with two attached hydrogens (primary N) is 2. The fraction of sp³-hybridized carbons (Fsp3) is 0.417. The molecule has 2 aromatic heterocycles. The molecule has 0 spiro atoms. The topological polar surface area (TPSA) is 98.1 Å². The number of carbonyl (C=O) groups is 1. The summed E-state index contributed by atoms with van der Waals surface area (Å²) < 4.78 is 0. The van der Waals surface area contributed by atoms with Crippen molar-refractivity contribution < 1.29 is 4.79 Å². The van der Waals surface area contributed by atoms with Crippen LogP contribution in [0.2, 0.25) is 0 Å². The third-order valence-electron chi connectivity index (χ3n) is 3.46. The van der Waals surface area contributed by atoms with E-state index in [-0.39, 0.29) is 5.91 Å². The number of fused-ring (bicyclic) bond motifs is 1. The molecule has 0 aliphatic carbocycles. The minimum absolute atomic E-state index is 0.0294. The maximum atomic E-state index is 12.5. The molecule has 1 aliphatic rings. The third kappa shape index (κ3) is 2.04. The highest BCUT2D eigenvalue weighted by Crippen LogP contribution is 2.32. The fourth-order valence-corrected chi connectivity index (χ4v) is 3.35. The predicted octanol–water partition coefficient (Wildman–Crippen LogP) is 0.694. The van der Waals surface area contributed by atoms with E-state index in [1.54, 1.807) is 12.4 Å². The van der Waals surface area contributed by atoms with Crippen molar-refractivity contribution in [2.24, 2.45) is 11.7 Å². The van der Waals surface area contributed by atoms with E-state index in [9.17, 15) is 4.79 Å². The molecule has 0 bridgehead atoms. The van der Waals surface area contributed by atoms with E-state index in [0.29, 0.717) is 39.9 Å². The number of carbonyl (C=O) groups excluding carboxylic acids is 1. The number of nitrogens with zero attached hydrogens (tertiary/aromatic N) is 3. The first-order valence-electron chi connectivity index (χ1n) is 6.19. The number of nitrogen functional groups attached to an aromatic ring is 1. The Hall–Kier alpha value is -1.73. The first-order chi connectivity index (χ1) is 9.20. The molecule has 3 heterocycles. The molecule has 100 valence electrons. The van der Waals surface area contributed by atoms with E-state index < -0.39 is 0 Å². The second kappa shape index (κ2) is 4.75. The van der Waals surface area contributed by atoms with Crippen LogP contribution in [-0.4, -0.2) is 40.4 Å². The standard InChI is InChI=1S/C12H15N5OS/c13-5-7-1-4-17(6-7)12(18)10-8(14)9-11(19-10)16-3-2-15-9/h2-3,7H,1,4-6,13-14H2. The maximum Gasteiger partial charge on any atom is 0.266 e. The SMILES string of the molecule is NCC1CCN(C(=O)c2sc3nccnc3c2N)C1. The molecule has 0 aromatic carbocycles. The van der Waals surface area contributed by atoms with Crippen LogP contribution in [0.5, 0.6) is 0 Å². The van der Waals surface area contributed by atoms with E-state index in [4.69, 9.17) is 11.5 Å². The summed E-state index contributed by atoms with van der Waals surface area (Å²) in [5.41, 5.74) is 12.7. The number of aromatic nitrogens is 2. The minimum Gasteiger partial charge on any atom is -0.396 e. The molecule has 1 aliphatic heterocycles. The number of amides is 1. The Morgan fingerprint density at radius 3 is 2.95 bits per heavy atom. The Kier molecular flexibility index (Phi) is 3.08. The Morgan fingerprint density at radius 1 is 1.47 bits per heavy atom. The van der Waals surface area contributed by atoms with Gasteiger partial charge in [-0.1, -0.05) is 0 Å². The number of hydrogen-bond acceptors (Lipinski definition) is 6. The lowest BCUT2D eigenvalue weighted by atomic mass is 10.1. The van der Waals surface area contributed by atoms with Gasteiger partial charge in [-0.05, 0) is 18.9 Å². The smallest absolute Gasteiger partial charge is 0.266 e. The molecule has 1 saturated heterocycles. The predicted molar refractivity (Wildman–Crippen MR) is 74.9 cm³/mol. The van der Waals surface area contributed by atoms with Crippen molar-refractivity contribution in [3.63, 3.8) is 0 Å². The van der Waals surface area contributed by atoms with Gasteiger partial charge in [-0.25, -0.2) is 9.97 Å². The van der Waals surface area contributed by atoms with Crippen LogP contribution >= 0.6 is 11.3 Å². The summed E-state index contributed by atoms with van der Waals surface area (Å²) >= 11 is 1.31. The summed E-state index contributed by atoms with van der Waals surface area (Å²) in [6, 6.07) is 0. The van der Waals surface area contributed by atoms with Crippen LogP contribution in [0.4, 0.5) is 5.69 Å². The molecule has 1 atom stereocenters. The first kappa shape index (κ1) is 12.3. The molecular weight excluding hydrogens is 262 g/mol. The van der Waals surface area contributed by atoms with Crippen molar-refractivity contribution in [3.05, 3.63) is 17.3 Å². The molecule has 0 radical (unpaired) electrons. The maximum absolute atomic E-state index is 12.5. The van der Waals surface area contributed by atoms with E-state index in [1.165, 1.54) is 11.3 Å². The van der Waals surface area contributed by atoms with Crippen molar-refractivity contribution >= 4 is 33.3 Å². The summed E-state index contributed by atoms with van der Waals surface area (Å²) in [6.07, 6.45) is 4.15. The second-order valence-corrected chi connectivity index (χ2v) is 5.70. The van der Waals surface area contributed by atoms with Gasteiger partial charge in [-0.15, -0.1) is 11.3 Å². The molecule has 4 N–H and O–H groups in total. The molecule has 19 heavy (non-hydrogen) atoms. The largest absolute Gasteiger partial charge is 0.396 e. The van der Waals surface area contributed by atoms with E-state index in [2.05, 4.69) is 9.97 Å². The number of hydrogen-bond donors (Lipinski definition) is 2. The van der Waals surface area contributed by atoms with Crippen molar-refractivity contribution in [2.45, 2.75) is 6.42 Å². The van der Waals surface area contributed by atoms with Crippen LogP contribution in [0.25, 0.3) is 10.3 Å². The monoisotopic (exact) mass is 277 g/mol. The van der Waals surface area contributed by atoms with E-state index >= 15 is 0 Å². The van der Waals surface area contributed by atoms with Gasteiger partial charge in [0.1, 0.15) is 15.2 Å². The van der Waals surface area contributed by atoms with Crippen molar-refractivity contribution in [2.75, 3.05) is 25.4 Å². The van der Waals surface area contributed by atoms with Crippen molar-refractivity contribution in [1.29, 1.82) is 0 Å². The van der Waals surface area contributed by atoms with Crippen LogP contribution in [0.15, 0.2) is 12.4 Å². The van der Waals surface area contributed by atoms with Gasteiger partial charge in [0, 0.05) is 25.5 Å². The fourth-order valence-electron chi connectivity index (χ4n) is 2.36. The summed E-state index contributed by atoms with van der Waals surface area (Å²) in [5.74, 6) is 0.369. The number of likely N-dealkylation sites (tertiary alicyclic amines) is 1. The van der Waals surface area contributed by atoms with Crippen LogP contribution in [-0.2, 0) is 0 Å². The lowest BCUT2D eigenvalue weighted by Gasteiger charge is -2.15. The van der Waals surface area contributed by atoms with Gasteiger partial charge >= 0.3 is 0 Å². The number of anilines is 1. The van der Waals surface area contributed by atoms with E-state index in [1.807, 2.05) is 4.90 Å². The minimum atomic E-state index is -0.0294. The van der Waals surface area contributed by atoms with Crippen LogP contribution in [0.3, 0.4) is 0 Å². The lowest BCUT2D eigenvalue weighted by molar-refractivity contribution is 0.0793. The van der Waals surface area contributed by atoms with Gasteiger partial charge in [-0.3, -0.25) is 4.79 Å². The number of rotatable bonds is 2. The molecular formula is C12H15N5OS. The van der Waals surface area contributed by atoms with Crippen LogP contribution in [0, 0.1) is 5.92 Å². The Bertz CT molecular complexity index is 626. The van der Waals surface area contributed by atoms with Crippen LogP contribution in [0.1, 0.15) is 16.1 Å². The molecule has 3 rings (SSSR count). The average molecular weight is 277 g/mol. The van der Waals surface area contributed by atoms with Gasteiger partial charge in [0.15, 0.2) is 0 Å². The summed E-state index contributed by atoms with van der Waals surface area (Å²) in [5, 5.41) is 0. The lowest BCUT2D eigenvalue weighted by Crippen LogP contribution is -2.29. The quantitative estimate of drug-likeness (QED) is 0.841. The molecule has 6 nitrogen and oxygen atoms in total. The Balaban J connectivity index is 1.92. The van der Waals surface area contributed by atoms with Gasteiger partial charge in [-0.2, -0.15) is 0 Å². The Labute approximate surface area is 114 Å². The third-order valence-corrected chi connectivity index (χ3v) is 4.55. The highest BCUT2D eigenvalue weighted by molar-refractivity contribution is 7.21. The normalized spacial score (nSPS) is 19.2. The molecule has 7 heteroatoms. The van der Waals surface area contributed by atoms with Gasteiger partial charge < -0.3 is 16.4 Å². The molecule has 0 saturated carbocycles. The molecule has 1 unspecified atom stereocenters. The Morgan fingerprint density at radius 2 is 2.26 bits per heavy atom. The average Bonchev–Trinajstić information content (AvgIpc) is 3.04. The molecule has 2 aromatic rings. The van der Waals surface area contributed by atoms with Gasteiger partial charge in [0.2, 0.25) is 0 Å². The van der Waals surface area contributed by atoms with Gasteiger partial charge in [0.25, 0.3) is 5.91 Å². The van der Waals surface area contributed by atoms with Crippen LogP contribution < -0.4 is 11.5 Å². The molecule has 1 fully saturated rings. The second-order valence-electron chi connectivity index (χ2n) is 4.70. The molecule has 1 amide bonds. The van der Waals surface area contributed by atoms with E-state index in [0.717, 1.165) is 13.0 Å². The summed E-state index contributed by atoms with van der Waals surface area (Å²) in [4.78, 5) is 23.9. The summed E-state index contributed by atoms with van der Waals surface area (Å²) in [7, 11) is 0. The zero-order valence-corrected chi connectivity index (χ0v) is 11.2. The van der Waals surface area contributed by atoms with Crippen molar-refractivity contribution in [3.8, 4) is 0 Å². The highest BCUT2D eigenvalue weighted by atomic mass is 32.1. The van der Waals surface area contributed by atoms with Gasteiger partial charge in [0.05, 0.1) is 5.69 Å². The number of thiophene rings is 1. The first-order valence-corrected chi connectivity index (χ1v) is 7.00. The summed E-state index contributed by atoms with van der Waals surface area (Å²) in [6.45, 7) is 2.08. The zero-order valence-electron chi connectivity index (χ0n) is 10.4.